The number of rotatable bonds is 4. The van der Waals surface area contributed by atoms with Crippen LogP contribution >= 0.6 is 0 Å². The second-order valence-corrected chi connectivity index (χ2v) is 3.69. The minimum Gasteiger partial charge on any atom is -0.430 e. The zero-order valence-corrected chi connectivity index (χ0v) is 8.99. The summed E-state index contributed by atoms with van der Waals surface area (Å²) in [5.41, 5.74) is 0. The Labute approximate surface area is 85.1 Å². The molecule has 1 saturated heterocycles. The van der Waals surface area contributed by atoms with E-state index in [4.69, 9.17) is 9.57 Å². The van der Waals surface area contributed by atoms with Gasteiger partial charge >= 0.3 is 6.16 Å². The molecule has 1 unspecified atom stereocenters. The van der Waals surface area contributed by atoms with Crippen LogP contribution in [0.25, 0.3) is 0 Å². The summed E-state index contributed by atoms with van der Waals surface area (Å²) in [7, 11) is 0. The zero-order valence-electron chi connectivity index (χ0n) is 8.99. The van der Waals surface area contributed by atoms with Gasteiger partial charge in [0, 0.05) is 13.1 Å². The normalized spacial score (nSPS) is 19.3. The minimum atomic E-state index is -0.562. The van der Waals surface area contributed by atoms with Crippen LogP contribution in [0.1, 0.15) is 39.5 Å². The molecule has 0 N–H and O–H groups in total. The van der Waals surface area contributed by atoms with E-state index in [2.05, 4.69) is 6.92 Å². The Balaban J connectivity index is 2.14. The largest absolute Gasteiger partial charge is 0.528 e. The number of hydrogen-bond donors (Lipinski definition) is 0. The maximum Gasteiger partial charge on any atom is 0.528 e. The SMILES string of the molecule is CCCC(C)OC(=O)ON1CCCC1. The summed E-state index contributed by atoms with van der Waals surface area (Å²) in [6.45, 7) is 5.61. The average molecular weight is 201 g/mol. The molecule has 0 radical (unpaired) electrons. The van der Waals surface area contributed by atoms with E-state index in [1.54, 1.807) is 5.06 Å². The summed E-state index contributed by atoms with van der Waals surface area (Å²) >= 11 is 0. The highest BCUT2D eigenvalue weighted by Gasteiger charge is 2.18. The highest BCUT2D eigenvalue weighted by molar-refractivity contribution is 5.59. The van der Waals surface area contributed by atoms with Crippen LogP contribution in [0.3, 0.4) is 0 Å². The standard InChI is InChI=1S/C10H19NO3/c1-3-6-9(2)13-10(12)14-11-7-4-5-8-11/h9H,3-8H2,1-2H3. The van der Waals surface area contributed by atoms with Gasteiger partial charge in [-0.3, -0.25) is 0 Å². The van der Waals surface area contributed by atoms with Crippen LogP contribution in [0.2, 0.25) is 0 Å². The highest BCUT2D eigenvalue weighted by atomic mass is 16.8. The Kier molecular flexibility index (Phi) is 4.73. The molecule has 82 valence electrons. The molecular weight excluding hydrogens is 182 g/mol. The minimum absolute atomic E-state index is 0.0462. The van der Waals surface area contributed by atoms with Gasteiger partial charge < -0.3 is 9.57 Å². The second-order valence-electron chi connectivity index (χ2n) is 3.69. The van der Waals surface area contributed by atoms with E-state index in [1.807, 2.05) is 6.92 Å². The molecule has 4 heteroatoms. The third kappa shape index (κ3) is 3.96. The van der Waals surface area contributed by atoms with Gasteiger partial charge in [0.2, 0.25) is 0 Å². The Morgan fingerprint density at radius 1 is 1.43 bits per heavy atom. The number of carbonyl (C=O) groups is 1. The molecule has 0 aromatic heterocycles. The molecule has 1 aliphatic heterocycles. The molecule has 0 spiro atoms. The highest BCUT2D eigenvalue weighted by Crippen LogP contribution is 2.09. The first-order chi connectivity index (χ1) is 6.72. The van der Waals surface area contributed by atoms with Gasteiger partial charge in [-0.05, 0) is 26.2 Å². The Hall–Kier alpha value is -0.770. The first-order valence-electron chi connectivity index (χ1n) is 5.36. The lowest BCUT2D eigenvalue weighted by molar-refractivity contribution is -0.120. The van der Waals surface area contributed by atoms with E-state index in [9.17, 15) is 4.79 Å². The summed E-state index contributed by atoms with van der Waals surface area (Å²) in [6, 6.07) is 0. The van der Waals surface area contributed by atoms with E-state index in [0.29, 0.717) is 0 Å². The predicted octanol–water partition coefficient (Wildman–Crippen LogP) is 2.34. The molecule has 0 aromatic carbocycles. The van der Waals surface area contributed by atoms with E-state index in [-0.39, 0.29) is 6.10 Å². The van der Waals surface area contributed by atoms with Gasteiger partial charge in [-0.2, -0.15) is 0 Å². The molecule has 1 rings (SSSR count). The van der Waals surface area contributed by atoms with Crippen molar-refractivity contribution in [2.24, 2.45) is 0 Å². The topological polar surface area (TPSA) is 38.8 Å². The van der Waals surface area contributed by atoms with Crippen molar-refractivity contribution in [1.29, 1.82) is 0 Å². The Bertz CT molecular complexity index is 178. The van der Waals surface area contributed by atoms with Crippen molar-refractivity contribution in [2.75, 3.05) is 13.1 Å². The smallest absolute Gasteiger partial charge is 0.430 e. The lowest BCUT2D eigenvalue weighted by atomic mass is 10.2. The fourth-order valence-electron chi connectivity index (χ4n) is 1.54. The van der Waals surface area contributed by atoms with Gasteiger partial charge in [0.15, 0.2) is 0 Å². The van der Waals surface area contributed by atoms with Crippen LogP contribution in [0.15, 0.2) is 0 Å². The van der Waals surface area contributed by atoms with Crippen LogP contribution in [0, 0.1) is 0 Å². The maximum atomic E-state index is 11.2. The molecule has 0 amide bonds. The third-order valence-corrected chi connectivity index (χ3v) is 2.26. The second kappa shape index (κ2) is 5.86. The van der Waals surface area contributed by atoms with E-state index < -0.39 is 6.16 Å². The van der Waals surface area contributed by atoms with Crippen LogP contribution in [-0.2, 0) is 9.57 Å². The summed E-state index contributed by atoms with van der Waals surface area (Å²) in [5.74, 6) is 0. The first-order valence-corrected chi connectivity index (χ1v) is 5.36. The van der Waals surface area contributed by atoms with Crippen molar-refractivity contribution in [2.45, 2.75) is 45.6 Å². The average Bonchev–Trinajstić information content (AvgIpc) is 2.56. The summed E-state index contributed by atoms with van der Waals surface area (Å²) < 4.78 is 5.05. The molecule has 1 aliphatic rings. The summed E-state index contributed by atoms with van der Waals surface area (Å²) in [4.78, 5) is 16.2. The molecule has 0 saturated carbocycles. The van der Waals surface area contributed by atoms with Gasteiger partial charge in [-0.1, -0.05) is 13.3 Å². The van der Waals surface area contributed by atoms with Crippen LogP contribution in [0.4, 0.5) is 4.79 Å². The van der Waals surface area contributed by atoms with Crippen LogP contribution in [0.5, 0.6) is 0 Å². The quantitative estimate of drug-likeness (QED) is 0.654. The monoisotopic (exact) mass is 201 g/mol. The van der Waals surface area contributed by atoms with Crippen molar-refractivity contribution in [3.05, 3.63) is 0 Å². The first kappa shape index (κ1) is 11.3. The lowest BCUT2D eigenvalue weighted by Gasteiger charge is -2.16. The summed E-state index contributed by atoms with van der Waals surface area (Å²) in [6.07, 6.45) is 3.48. The molecule has 0 aromatic rings. The van der Waals surface area contributed by atoms with E-state index >= 15 is 0 Å². The molecule has 0 bridgehead atoms. The van der Waals surface area contributed by atoms with Crippen LogP contribution < -0.4 is 0 Å². The number of hydrogen-bond acceptors (Lipinski definition) is 4. The fraction of sp³-hybridized carbons (Fsp3) is 0.900. The van der Waals surface area contributed by atoms with Gasteiger partial charge in [-0.25, -0.2) is 4.79 Å². The van der Waals surface area contributed by atoms with Crippen molar-refractivity contribution >= 4 is 6.16 Å². The van der Waals surface area contributed by atoms with Crippen molar-refractivity contribution in [1.82, 2.24) is 5.06 Å². The summed E-state index contributed by atoms with van der Waals surface area (Å²) in [5, 5.41) is 1.67. The van der Waals surface area contributed by atoms with E-state index in [0.717, 1.165) is 38.8 Å². The maximum absolute atomic E-state index is 11.2. The molecule has 0 aliphatic carbocycles. The molecule has 4 nitrogen and oxygen atoms in total. The fourth-order valence-corrected chi connectivity index (χ4v) is 1.54. The number of ether oxygens (including phenoxy) is 1. The lowest BCUT2D eigenvalue weighted by Crippen LogP contribution is -2.26. The Morgan fingerprint density at radius 2 is 2.07 bits per heavy atom. The van der Waals surface area contributed by atoms with Gasteiger partial charge in [0.1, 0.15) is 6.10 Å². The van der Waals surface area contributed by atoms with Gasteiger partial charge in [0.25, 0.3) is 0 Å². The van der Waals surface area contributed by atoms with Crippen molar-refractivity contribution < 1.29 is 14.4 Å². The van der Waals surface area contributed by atoms with Gasteiger partial charge in [-0.15, -0.1) is 5.06 Å². The predicted molar refractivity (Wildman–Crippen MR) is 52.7 cm³/mol. The third-order valence-electron chi connectivity index (χ3n) is 2.26. The van der Waals surface area contributed by atoms with Crippen LogP contribution in [-0.4, -0.2) is 30.4 Å². The molecule has 14 heavy (non-hydrogen) atoms. The molecule has 1 atom stereocenters. The molecule has 1 heterocycles. The Morgan fingerprint density at radius 3 is 2.64 bits per heavy atom. The molecule has 1 fully saturated rings. The number of hydroxylamine groups is 2. The van der Waals surface area contributed by atoms with Gasteiger partial charge in [0.05, 0.1) is 0 Å². The van der Waals surface area contributed by atoms with Crippen molar-refractivity contribution in [3.8, 4) is 0 Å². The number of nitrogens with zero attached hydrogens (tertiary/aromatic N) is 1. The molecular formula is C10H19NO3. The number of carbonyl (C=O) groups excluding carboxylic acids is 1. The zero-order chi connectivity index (χ0) is 10.4. The van der Waals surface area contributed by atoms with Crippen molar-refractivity contribution in [3.63, 3.8) is 0 Å². The van der Waals surface area contributed by atoms with E-state index in [1.165, 1.54) is 0 Å².